The van der Waals surface area contributed by atoms with Gasteiger partial charge in [0, 0.05) is 45.5 Å². The van der Waals surface area contributed by atoms with E-state index in [-0.39, 0.29) is 16.9 Å². The van der Waals surface area contributed by atoms with Crippen LogP contribution in [-0.2, 0) is 6.18 Å². The summed E-state index contributed by atoms with van der Waals surface area (Å²) in [5.74, 6) is -0.0617. The van der Waals surface area contributed by atoms with Gasteiger partial charge in [-0.05, 0) is 31.4 Å². The van der Waals surface area contributed by atoms with Gasteiger partial charge in [-0.3, -0.25) is 4.79 Å². The Morgan fingerprint density at radius 2 is 1.59 bits per heavy atom. The van der Waals surface area contributed by atoms with Gasteiger partial charge in [-0.1, -0.05) is 11.6 Å². The van der Waals surface area contributed by atoms with Crippen molar-refractivity contribution in [2.45, 2.75) is 25.4 Å². The first kappa shape index (κ1) is 22.4. The van der Waals surface area contributed by atoms with Gasteiger partial charge >= 0.3 is 12.2 Å². The van der Waals surface area contributed by atoms with Crippen LogP contribution >= 0.6 is 11.6 Å². The third-order valence-electron chi connectivity index (χ3n) is 5.71. The molecule has 4 heterocycles. The molecule has 0 aliphatic carbocycles. The van der Waals surface area contributed by atoms with Crippen LogP contribution < -0.4 is 10.5 Å². The molecule has 4 rings (SSSR count). The Morgan fingerprint density at radius 1 is 0.938 bits per heavy atom. The number of piperidine rings is 1. The summed E-state index contributed by atoms with van der Waals surface area (Å²) < 4.78 is 39.1. The number of rotatable bonds is 2. The molecule has 2 aliphatic heterocycles. The summed E-state index contributed by atoms with van der Waals surface area (Å²) in [6.07, 6.45) is 0.711. The maximum absolute atomic E-state index is 12.7. The van der Waals surface area contributed by atoms with E-state index in [1.54, 1.807) is 4.90 Å². The maximum atomic E-state index is 12.7. The summed E-state index contributed by atoms with van der Waals surface area (Å²) in [5.41, 5.74) is -1.18. The third kappa shape index (κ3) is 4.52. The quantitative estimate of drug-likeness (QED) is 0.674. The Labute approximate surface area is 187 Å². The SMILES string of the molecule is O=C(N1CCCCC1)N1CCN(c2cnn(-c3ccc(C(F)(F)F)cn3)c(=O)c2Cl)CC1. The standard InChI is InChI=1S/C20H22ClF3N6O2/c21-17-15(27-8-10-29(11-9-27)19(32)28-6-2-1-3-7-28)13-26-30(18(17)31)16-5-4-14(12-25-16)20(22,23)24/h4-5,12-13H,1-3,6-11H2. The van der Waals surface area contributed by atoms with Crippen molar-refractivity contribution < 1.29 is 18.0 Å². The topological polar surface area (TPSA) is 74.6 Å². The number of nitrogens with zero attached hydrogens (tertiary/aromatic N) is 6. The summed E-state index contributed by atoms with van der Waals surface area (Å²) in [6.45, 7) is 3.53. The number of carbonyl (C=O) groups is 1. The number of hydrogen-bond donors (Lipinski definition) is 0. The third-order valence-corrected chi connectivity index (χ3v) is 6.07. The predicted molar refractivity (Wildman–Crippen MR) is 112 cm³/mol. The molecule has 172 valence electrons. The van der Waals surface area contributed by atoms with Crippen LogP contribution in [0, 0.1) is 0 Å². The van der Waals surface area contributed by atoms with Crippen LogP contribution in [0.15, 0.2) is 29.3 Å². The molecule has 2 fully saturated rings. The average molecular weight is 471 g/mol. The van der Waals surface area contributed by atoms with Gasteiger partial charge < -0.3 is 14.7 Å². The van der Waals surface area contributed by atoms with Gasteiger partial charge in [0.2, 0.25) is 0 Å². The number of likely N-dealkylation sites (tertiary alicyclic amines) is 1. The van der Waals surface area contributed by atoms with Crippen molar-refractivity contribution in [2.75, 3.05) is 44.2 Å². The minimum Gasteiger partial charge on any atom is -0.365 e. The van der Waals surface area contributed by atoms with E-state index in [4.69, 9.17) is 11.6 Å². The number of anilines is 1. The second kappa shape index (κ2) is 8.97. The molecule has 12 heteroatoms. The molecule has 0 saturated carbocycles. The predicted octanol–water partition coefficient (Wildman–Crippen LogP) is 3.03. The van der Waals surface area contributed by atoms with Crippen LogP contribution in [0.25, 0.3) is 5.82 Å². The highest BCUT2D eigenvalue weighted by atomic mass is 35.5. The van der Waals surface area contributed by atoms with Crippen LogP contribution in [0.2, 0.25) is 5.02 Å². The molecule has 0 bridgehead atoms. The number of urea groups is 1. The molecule has 0 radical (unpaired) electrons. The molecule has 0 spiro atoms. The summed E-state index contributed by atoms with van der Waals surface area (Å²) in [4.78, 5) is 34.6. The Kier molecular flexibility index (Phi) is 6.27. The zero-order valence-electron chi connectivity index (χ0n) is 17.2. The van der Waals surface area contributed by atoms with Gasteiger partial charge in [0.05, 0.1) is 17.4 Å². The van der Waals surface area contributed by atoms with Crippen molar-refractivity contribution in [3.05, 3.63) is 45.5 Å². The highest BCUT2D eigenvalue weighted by molar-refractivity contribution is 6.33. The Morgan fingerprint density at radius 3 is 2.19 bits per heavy atom. The maximum Gasteiger partial charge on any atom is 0.417 e. The van der Waals surface area contributed by atoms with Gasteiger partial charge in [-0.25, -0.2) is 9.78 Å². The molecule has 8 nitrogen and oxygen atoms in total. The number of piperazine rings is 1. The summed E-state index contributed by atoms with van der Waals surface area (Å²) in [6, 6.07) is 1.94. The number of hydrogen-bond acceptors (Lipinski definition) is 5. The van der Waals surface area contributed by atoms with Crippen molar-refractivity contribution in [1.82, 2.24) is 24.6 Å². The Bertz CT molecular complexity index is 1030. The molecule has 0 unspecified atom stereocenters. The second-order valence-electron chi connectivity index (χ2n) is 7.77. The summed E-state index contributed by atoms with van der Waals surface area (Å²) >= 11 is 6.29. The molecule has 0 atom stereocenters. The van der Waals surface area contributed by atoms with E-state index in [9.17, 15) is 22.8 Å². The molecule has 0 aromatic carbocycles. The van der Waals surface area contributed by atoms with Crippen molar-refractivity contribution in [3.8, 4) is 5.82 Å². The van der Waals surface area contributed by atoms with Crippen molar-refractivity contribution in [1.29, 1.82) is 0 Å². The van der Waals surface area contributed by atoms with E-state index in [2.05, 4.69) is 10.1 Å². The van der Waals surface area contributed by atoms with Gasteiger partial charge in [-0.15, -0.1) is 0 Å². The first-order valence-corrected chi connectivity index (χ1v) is 10.7. The minimum atomic E-state index is -4.52. The van der Waals surface area contributed by atoms with Crippen LogP contribution in [0.3, 0.4) is 0 Å². The fourth-order valence-electron chi connectivity index (χ4n) is 3.91. The van der Waals surface area contributed by atoms with Crippen LogP contribution in [0.5, 0.6) is 0 Å². The largest absolute Gasteiger partial charge is 0.417 e. The van der Waals surface area contributed by atoms with Gasteiger partial charge in [0.15, 0.2) is 5.82 Å². The van der Waals surface area contributed by atoms with E-state index in [1.165, 1.54) is 6.20 Å². The van der Waals surface area contributed by atoms with Crippen molar-refractivity contribution >= 4 is 23.3 Å². The molecular weight excluding hydrogens is 449 g/mol. The molecule has 32 heavy (non-hydrogen) atoms. The molecular formula is C20H22ClF3N6O2. The lowest BCUT2D eigenvalue weighted by molar-refractivity contribution is -0.137. The monoisotopic (exact) mass is 470 g/mol. The zero-order chi connectivity index (χ0) is 22.9. The van der Waals surface area contributed by atoms with Crippen molar-refractivity contribution in [2.24, 2.45) is 0 Å². The van der Waals surface area contributed by atoms with E-state index >= 15 is 0 Å². The number of pyridine rings is 1. The lowest BCUT2D eigenvalue weighted by atomic mass is 10.1. The first-order valence-electron chi connectivity index (χ1n) is 10.4. The van der Waals surface area contributed by atoms with Crippen LogP contribution in [-0.4, -0.2) is 69.9 Å². The van der Waals surface area contributed by atoms with E-state index < -0.39 is 17.3 Å². The number of amides is 2. The van der Waals surface area contributed by atoms with Gasteiger partial charge in [-0.2, -0.15) is 23.0 Å². The molecule has 2 saturated heterocycles. The van der Waals surface area contributed by atoms with Gasteiger partial charge in [0.25, 0.3) is 5.56 Å². The van der Waals surface area contributed by atoms with Crippen LogP contribution in [0.4, 0.5) is 23.7 Å². The summed E-state index contributed by atoms with van der Waals surface area (Å²) in [7, 11) is 0. The highest BCUT2D eigenvalue weighted by Gasteiger charge is 2.31. The first-order chi connectivity index (χ1) is 15.3. The van der Waals surface area contributed by atoms with Crippen molar-refractivity contribution in [3.63, 3.8) is 0 Å². The van der Waals surface area contributed by atoms with Gasteiger partial charge in [0.1, 0.15) is 5.02 Å². The van der Waals surface area contributed by atoms with E-state index in [1.807, 2.05) is 9.80 Å². The second-order valence-corrected chi connectivity index (χ2v) is 8.15. The number of carbonyl (C=O) groups excluding carboxylic acids is 1. The number of aromatic nitrogens is 3. The molecule has 2 aliphatic rings. The Balaban J connectivity index is 1.46. The number of halogens is 4. The minimum absolute atomic E-state index is 0.0392. The normalized spacial score (nSPS) is 17.6. The summed E-state index contributed by atoms with van der Waals surface area (Å²) in [5, 5.41) is 3.95. The van der Waals surface area contributed by atoms with E-state index in [0.717, 1.165) is 49.2 Å². The molecule has 0 N–H and O–H groups in total. The highest BCUT2D eigenvalue weighted by Crippen LogP contribution is 2.29. The molecule has 2 aromatic rings. The lowest BCUT2D eigenvalue weighted by Crippen LogP contribution is -2.54. The lowest BCUT2D eigenvalue weighted by Gasteiger charge is -2.39. The average Bonchev–Trinajstić information content (AvgIpc) is 2.81. The fourth-order valence-corrected chi connectivity index (χ4v) is 4.16. The zero-order valence-corrected chi connectivity index (χ0v) is 17.9. The van der Waals surface area contributed by atoms with Crippen LogP contribution in [0.1, 0.15) is 24.8 Å². The smallest absolute Gasteiger partial charge is 0.365 e. The molecule has 2 aromatic heterocycles. The van der Waals surface area contributed by atoms with E-state index in [0.29, 0.717) is 38.1 Å². The molecule has 2 amide bonds. The fraction of sp³-hybridized carbons (Fsp3) is 0.500. The number of alkyl halides is 3. The Hall–Kier alpha value is -2.82.